The molecular weight excluding hydrogens is 248 g/mol. The van der Waals surface area contributed by atoms with Gasteiger partial charge in [0.1, 0.15) is 5.75 Å². The number of anilines is 1. The van der Waals surface area contributed by atoms with Crippen molar-refractivity contribution in [2.24, 2.45) is 5.92 Å². The highest BCUT2D eigenvalue weighted by atomic mass is 16.5. The molecular formula is C17H28N2O. The number of ether oxygens (including phenoxy) is 1. The van der Waals surface area contributed by atoms with E-state index in [2.05, 4.69) is 36.3 Å². The maximum Gasteiger partial charge on any atom is 0.142 e. The molecule has 0 bridgehead atoms. The van der Waals surface area contributed by atoms with Crippen molar-refractivity contribution in [3.8, 4) is 5.75 Å². The molecule has 0 heterocycles. The van der Waals surface area contributed by atoms with Crippen molar-refractivity contribution in [3.05, 3.63) is 24.3 Å². The Hall–Kier alpha value is -1.22. The molecule has 0 spiro atoms. The monoisotopic (exact) mass is 276 g/mol. The van der Waals surface area contributed by atoms with Crippen LogP contribution in [0, 0.1) is 5.92 Å². The summed E-state index contributed by atoms with van der Waals surface area (Å²) >= 11 is 0. The molecule has 2 rings (SSSR count). The Balaban J connectivity index is 2.03. The summed E-state index contributed by atoms with van der Waals surface area (Å²) in [6, 6.07) is 8.96. The van der Waals surface area contributed by atoms with Crippen LogP contribution in [-0.4, -0.2) is 33.3 Å². The lowest BCUT2D eigenvalue weighted by Gasteiger charge is -2.35. The second-order valence-electron chi connectivity index (χ2n) is 5.76. The molecule has 0 aliphatic heterocycles. The van der Waals surface area contributed by atoms with Gasteiger partial charge in [-0.2, -0.15) is 0 Å². The van der Waals surface area contributed by atoms with E-state index in [1.165, 1.54) is 31.4 Å². The van der Waals surface area contributed by atoms with Gasteiger partial charge in [0.05, 0.1) is 12.8 Å². The molecule has 1 saturated carbocycles. The summed E-state index contributed by atoms with van der Waals surface area (Å²) in [6.07, 6.45) is 5.38. The number of nitrogens with zero attached hydrogens (tertiary/aromatic N) is 1. The van der Waals surface area contributed by atoms with Crippen molar-refractivity contribution >= 4 is 5.69 Å². The molecule has 3 heteroatoms. The van der Waals surface area contributed by atoms with Crippen LogP contribution in [0.3, 0.4) is 0 Å². The van der Waals surface area contributed by atoms with Crippen LogP contribution >= 0.6 is 0 Å². The minimum atomic E-state index is 0.672. The first kappa shape index (κ1) is 15.2. The van der Waals surface area contributed by atoms with E-state index in [4.69, 9.17) is 4.74 Å². The number of hydrogen-bond acceptors (Lipinski definition) is 3. The normalized spacial score (nSPS) is 22.6. The Labute approximate surface area is 123 Å². The lowest BCUT2D eigenvalue weighted by atomic mass is 9.84. The van der Waals surface area contributed by atoms with E-state index in [1.54, 1.807) is 7.11 Å². The second kappa shape index (κ2) is 7.53. The van der Waals surface area contributed by atoms with Gasteiger partial charge < -0.3 is 15.0 Å². The van der Waals surface area contributed by atoms with Crippen molar-refractivity contribution in [2.45, 2.75) is 38.6 Å². The largest absolute Gasteiger partial charge is 0.495 e. The summed E-state index contributed by atoms with van der Waals surface area (Å²) in [4.78, 5) is 2.35. The second-order valence-corrected chi connectivity index (χ2v) is 5.76. The molecule has 20 heavy (non-hydrogen) atoms. The molecule has 0 aromatic heterocycles. The van der Waals surface area contributed by atoms with Gasteiger partial charge in [0, 0.05) is 19.6 Å². The molecule has 112 valence electrons. The molecule has 2 atom stereocenters. The molecule has 1 aliphatic rings. The number of methoxy groups -OCH3 is 1. The zero-order valence-corrected chi connectivity index (χ0v) is 13.1. The lowest BCUT2D eigenvalue weighted by Crippen LogP contribution is -2.43. The van der Waals surface area contributed by atoms with E-state index in [1.807, 2.05) is 12.1 Å². The van der Waals surface area contributed by atoms with Crippen LogP contribution in [0.15, 0.2) is 24.3 Å². The van der Waals surface area contributed by atoms with Gasteiger partial charge in [-0.1, -0.05) is 31.9 Å². The summed E-state index contributed by atoms with van der Waals surface area (Å²) < 4.78 is 5.47. The maximum atomic E-state index is 5.47. The van der Waals surface area contributed by atoms with Crippen LogP contribution < -0.4 is 15.0 Å². The van der Waals surface area contributed by atoms with Gasteiger partial charge in [0.2, 0.25) is 0 Å². The third-order valence-electron chi connectivity index (χ3n) is 4.38. The van der Waals surface area contributed by atoms with Crippen LogP contribution in [0.2, 0.25) is 0 Å². The van der Waals surface area contributed by atoms with Gasteiger partial charge in [-0.05, 0) is 37.4 Å². The summed E-state index contributed by atoms with van der Waals surface area (Å²) in [5, 5.41) is 3.66. The van der Waals surface area contributed by atoms with Crippen molar-refractivity contribution in [1.29, 1.82) is 0 Å². The Bertz CT molecular complexity index is 406. The number of hydrogen-bond donors (Lipinski definition) is 1. The summed E-state index contributed by atoms with van der Waals surface area (Å²) in [6.45, 7) is 4.37. The van der Waals surface area contributed by atoms with E-state index in [9.17, 15) is 0 Å². The maximum absolute atomic E-state index is 5.47. The van der Waals surface area contributed by atoms with Gasteiger partial charge in [0.15, 0.2) is 0 Å². The SMILES string of the molecule is CCNC1CCCCC1CN(C)c1ccccc1OC. The number of para-hydroxylation sites is 2. The highest BCUT2D eigenvalue weighted by Crippen LogP contribution is 2.30. The fraction of sp³-hybridized carbons (Fsp3) is 0.647. The van der Waals surface area contributed by atoms with Crippen LogP contribution in [-0.2, 0) is 0 Å². The minimum absolute atomic E-state index is 0.672. The third kappa shape index (κ3) is 3.66. The van der Waals surface area contributed by atoms with E-state index >= 15 is 0 Å². The number of nitrogens with one attached hydrogen (secondary N) is 1. The third-order valence-corrected chi connectivity index (χ3v) is 4.38. The highest BCUT2D eigenvalue weighted by Gasteiger charge is 2.25. The van der Waals surface area contributed by atoms with E-state index < -0.39 is 0 Å². The van der Waals surface area contributed by atoms with E-state index in [0.717, 1.165) is 24.8 Å². The lowest BCUT2D eigenvalue weighted by molar-refractivity contribution is 0.269. The van der Waals surface area contributed by atoms with Crippen molar-refractivity contribution in [1.82, 2.24) is 5.32 Å². The standard InChI is InChI=1S/C17H28N2O/c1-4-18-15-10-6-5-9-14(15)13-19(2)16-11-7-8-12-17(16)20-3/h7-8,11-12,14-15,18H,4-6,9-10,13H2,1-3H3. The molecule has 1 aliphatic carbocycles. The molecule has 0 saturated heterocycles. The van der Waals surface area contributed by atoms with Crippen LogP contribution in [0.5, 0.6) is 5.75 Å². The van der Waals surface area contributed by atoms with E-state index in [-0.39, 0.29) is 0 Å². The first-order valence-electron chi connectivity index (χ1n) is 7.83. The van der Waals surface area contributed by atoms with Gasteiger partial charge in [0.25, 0.3) is 0 Å². The molecule has 1 N–H and O–H groups in total. The number of rotatable bonds is 6. The smallest absolute Gasteiger partial charge is 0.142 e. The fourth-order valence-electron chi connectivity index (χ4n) is 3.35. The molecule has 0 amide bonds. The van der Waals surface area contributed by atoms with Crippen LogP contribution in [0.25, 0.3) is 0 Å². The molecule has 0 radical (unpaired) electrons. The molecule has 3 nitrogen and oxygen atoms in total. The number of benzene rings is 1. The molecule has 1 aromatic carbocycles. The zero-order chi connectivity index (χ0) is 14.4. The zero-order valence-electron chi connectivity index (χ0n) is 13.1. The summed E-state index contributed by atoms with van der Waals surface area (Å²) in [5.41, 5.74) is 1.19. The molecule has 1 aromatic rings. The quantitative estimate of drug-likeness (QED) is 0.863. The predicted octanol–water partition coefficient (Wildman–Crippen LogP) is 3.30. The summed E-state index contributed by atoms with van der Waals surface area (Å²) in [5.74, 6) is 1.70. The van der Waals surface area contributed by atoms with Gasteiger partial charge >= 0.3 is 0 Å². The summed E-state index contributed by atoms with van der Waals surface area (Å²) in [7, 11) is 3.92. The first-order valence-corrected chi connectivity index (χ1v) is 7.83. The Morgan fingerprint density at radius 1 is 1.25 bits per heavy atom. The Kier molecular flexibility index (Phi) is 5.72. The average Bonchev–Trinajstić information content (AvgIpc) is 2.49. The van der Waals surface area contributed by atoms with E-state index in [0.29, 0.717) is 6.04 Å². The highest BCUT2D eigenvalue weighted by molar-refractivity contribution is 5.57. The van der Waals surface area contributed by atoms with Crippen molar-refractivity contribution < 1.29 is 4.74 Å². The minimum Gasteiger partial charge on any atom is -0.495 e. The Morgan fingerprint density at radius 3 is 2.75 bits per heavy atom. The van der Waals surface area contributed by atoms with Gasteiger partial charge in [-0.3, -0.25) is 0 Å². The van der Waals surface area contributed by atoms with Gasteiger partial charge in [-0.25, -0.2) is 0 Å². The fourth-order valence-corrected chi connectivity index (χ4v) is 3.35. The van der Waals surface area contributed by atoms with Crippen LogP contribution in [0.1, 0.15) is 32.6 Å². The molecule has 2 unspecified atom stereocenters. The van der Waals surface area contributed by atoms with Crippen molar-refractivity contribution in [2.75, 3.05) is 32.1 Å². The Morgan fingerprint density at radius 2 is 2.00 bits per heavy atom. The molecule has 1 fully saturated rings. The topological polar surface area (TPSA) is 24.5 Å². The van der Waals surface area contributed by atoms with Gasteiger partial charge in [-0.15, -0.1) is 0 Å². The van der Waals surface area contributed by atoms with Crippen LogP contribution in [0.4, 0.5) is 5.69 Å². The average molecular weight is 276 g/mol. The predicted molar refractivity (Wildman–Crippen MR) is 85.7 cm³/mol. The van der Waals surface area contributed by atoms with Crippen molar-refractivity contribution in [3.63, 3.8) is 0 Å². The first-order chi connectivity index (χ1) is 9.76.